The number of hydrogen-bond acceptors (Lipinski definition) is 3. The lowest BCUT2D eigenvalue weighted by Gasteiger charge is -2.12. The number of hydrogen-bond donors (Lipinski definition) is 3. The average molecular weight is 245 g/mol. The predicted octanol–water partition coefficient (Wildman–Crippen LogP) is 0.775. The lowest BCUT2D eigenvalue weighted by molar-refractivity contribution is -0.119. The van der Waals surface area contributed by atoms with Gasteiger partial charge in [-0.25, -0.2) is 0 Å². The van der Waals surface area contributed by atoms with Crippen molar-refractivity contribution in [3.63, 3.8) is 0 Å². The van der Waals surface area contributed by atoms with Crippen LogP contribution in [0.25, 0.3) is 0 Å². The predicted molar refractivity (Wildman–Crippen MR) is 66.5 cm³/mol. The molecule has 0 aromatic heterocycles. The minimum Gasteiger partial charge on any atom is -0.349 e. The topological polar surface area (TPSA) is 73.7 Å². The Bertz CT molecular complexity index is 539. The largest absolute Gasteiger partial charge is 0.349 e. The zero-order chi connectivity index (χ0) is 12.7. The second-order valence-electron chi connectivity index (χ2n) is 4.77. The van der Waals surface area contributed by atoms with E-state index in [2.05, 4.69) is 15.8 Å². The molecule has 0 radical (unpaired) electrons. The van der Waals surface area contributed by atoms with E-state index in [0.717, 1.165) is 17.5 Å². The quantitative estimate of drug-likeness (QED) is 0.389. The SMILES string of the molecule is CN=C(NO)c1cccc2c1CC1CC(=O)NC21. The number of rotatable bonds is 1. The number of nitrogens with zero attached hydrogens (tertiary/aromatic N) is 1. The third-order valence-corrected chi connectivity index (χ3v) is 3.83. The first-order valence-corrected chi connectivity index (χ1v) is 6.03. The second-order valence-corrected chi connectivity index (χ2v) is 4.77. The van der Waals surface area contributed by atoms with Gasteiger partial charge < -0.3 is 5.32 Å². The number of benzene rings is 1. The summed E-state index contributed by atoms with van der Waals surface area (Å²) in [5, 5.41) is 12.1. The molecule has 5 heteroatoms. The fourth-order valence-electron chi connectivity index (χ4n) is 3.07. The monoisotopic (exact) mass is 245 g/mol. The second kappa shape index (κ2) is 4.10. The molecule has 3 rings (SSSR count). The molecular weight excluding hydrogens is 230 g/mol. The molecule has 18 heavy (non-hydrogen) atoms. The molecule has 2 atom stereocenters. The minimum absolute atomic E-state index is 0.129. The standard InChI is InChI=1S/C13H15N3O2/c1-14-13(16-18)9-4-2-3-8-10(9)5-7-6-11(17)15-12(7)8/h2-4,7,12,18H,5-6H2,1H3,(H,14,16)(H,15,17). The highest BCUT2D eigenvalue weighted by molar-refractivity contribution is 6.00. The lowest BCUT2D eigenvalue weighted by atomic mass is 10.0. The Hall–Kier alpha value is -1.88. The van der Waals surface area contributed by atoms with Crippen molar-refractivity contribution < 1.29 is 10.0 Å². The van der Waals surface area contributed by atoms with Crippen LogP contribution in [-0.4, -0.2) is 24.0 Å². The third kappa shape index (κ3) is 1.51. The van der Waals surface area contributed by atoms with E-state index in [1.807, 2.05) is 18.2 Å². The molecule has 3 N–H and O–H groups in total. The Labute approximate surface area is 105 Å². The van der Waals surface area contributed by atoms with E-state index < -0.39 is 0 Å². The zero-order valence-corrected chi connectivity index (χ0v) is 10.1. The van der Waals surface area contributed by atoms with Gasteiger partial charge in [0.25, 0.3) is 0 Å². The number of fused-ring (bicyclic) bond motifs is 3. The van der Waals surface area contributed by atoms with Gasteiger partial charge in [-0.15, -0.1) is 0 Å². The van der Waals surface area contributed by atoms with Crippen LogP contribution in [-0.2, 0) is 11.2 Å². The molecular formula is C13H15N3O2. The molecule has 1 aromatic rings. The van der Waals surface area contributed by atoms with Crippen molar-refractivity contribution in [1.29, 1.82) is 0 Å². The van der Waals surface area contributed by atoms with E-state index in [1.54, 1.807) is 7.05 Å². The van der Waals surface area contributed by atoms with Gasteiger partial charge in [0.15, 0.2) is 5.84 Å². The van der Waals surface area contributed by atoms with E-state index >= 15 is 0 Å². The third-order valence-electron chi connectivity index (χ3n) is 3.83. The fraction of sp³-hybridized carbons (Fsp3) is 0.385. The van der Waals surface area contributed by atoms with E-state index in [4.69, 9.17) is 5.21 Å². The lowest BCUT2D eigenvalue weighted by Crippen LogP contribution is -2.22. The Morgan fingerprint density at radius 1 is 1.50 bits per heavy atom. The van der Waals surface area contributed by atoms with E-state index in [1.165, 1.54) is 5.56 Å². The van der Waals surface area contributed by atoms with Gasteiger partial charge in [0, 0.05) is 19.0 Å². The molecule has 5 nitrogen and oxygen atoms in total. The van der Waals surface area contributed by atoms with Gasteiger partial charge in [0.05, 0.1) is 6.04 Å². The number of amides is 1. The molecule has 2 unspecified atom stereocenters. The van der Waals surface area contributed by atoms with Crippen molar-refractivity contribution in [2.45, 2.75) is 18.9 Å². The molecule has 1 aliphatic heterocycles. The molecule has 1 amide bonds. The molecule has 1 aliphatic carbocycles. The fourth-order valence-corrected chi connectivity index (χ4v) is 3.07. The molecule has 1 heterocycles. The summed E-state index contributed by atoms with van der Waals surface area (Å²) in [6, 6.07) is 6.04. The maximum atomic E-state index is 11.4. The summed E-state index contributed by atoms with van der Waals surface area (Å²) in [5.41, 5.74) is 5.38. The number of carbonyl (C=O) groups is 1. The van der Waals surface area contributed by atoms with E-state index in [-0.39, 0.29) is 11.9 Å². The van der Waals surface area contributed by atoms with Crippen LogP contribution in [0, 0.1) is 5.92 Å². The molecule has 2 aliphatic rings. The summed E-state index contributed by atoms with van der Waals surface area (Å²) >= 11 is 0. The summed E-state index contributed by atoms with van der Waals surface area (Å²) < 4.78 is 0. The number of nitrogens with one attached hydrogen (secondary N) is 2. The van der Waals surface area contributed by atoms with Crippen LogP contribution >= 0.6 is 0 Å². The maximum absolute atomic E-state index is 11.4. The molecule has 1 fully saturated rings. The van der Waals surface area contributed by atoms with Crippen LogP contribution in [0.5, 0.6) is 0 Å². The first-order chi connectivity index (χ1) is 8.74. The van der Waals surface area contributed by atoms with Crippen molar-refractivity contribution in [2.24, 2.45) is 10.9 Å². The van der Waals surface area contributed by atoms with Crippen LogP contribution in [0.15, 0.2) is 23.2 Å². The highest BCUT2D eigenvalue weighted by atomic mass is 16.5. The Morgan fingerprint density at radius 2 is 2.33 bits per heavy atom. The van der Waals surface area contributed by atoms with Gasteiger partial charge in [0.2, 0.25) is 5.91 Å². The van der Waals surface area contributed by atoms with E-state index in [9.17, 15) is 4.79 Å². The van der Waals surface area contributed by atoms with Gasteiger partial charge >= 0.3 is 0 Å². The first-order valence-electron chi connectivity index (χ1n) is 6.03. The molecule has 0 saturated carbocycles. The van der Waals surface area contributed by atoms with Crippen LogP contribution in [0.3, 0.4) is 0 Å². The zero-order valence-electron chi connectivity index (χ0n) is 10.1. The van der Waals surface area contributed by atoms with Crippen LogP contribution < -0.4 is 10.8 Å². The van der Waals surface area contributed by atoms with E-state index in [0.29, 0.717) is 18.2 Å². The first kappa shape index (κ1) is 11.2. The summed E-state index contributed by atoms with van der Waals surface area (Å²) in [6.45, 7) is 0. The van der Waals surface area contributed by atoms with Crippen molar-refractivity contribution >= 4 is 11.7 Å². The number of carbonyl (C=O) groups excluding carboxylic acids is 1. The van der Waals surface area contributed by atoms with Gasteiger partial charge in [-0.05, 0) is 23.5 Å². The Morgan fingerprint density at radius 3 is 3.06 bits per heavy atom. The van der Waals surface area contributed by atoms with Crippen LogP contribution in [0.2, 0.25) is 0 Å². The van der Waals surface area contributed by atoms with Crippen LogP contribution in [0.1, 0.15) is 29.2 Å². The summed E-state index contributed by atoms with van der Waals surface area (Å²) in [6.07, 6.45) is 1.44. The number of amidine groups is 1. The Kier molecular flexibility index (Phi) is 2.56. The summed E-state index contributed by atoms with van der Waals surface area (Å²) in [7, 11) is 1.63. The normalized spacial score (nSPS) is 25.7. The smallest absolute Gasteiger partial charge is 0.220 e. The van der Waals surface area contributed by atoms with Gasteiger partial charge in [-0.3, -0.25) is 20.5 Å². The summed E-state index contributed by atoms with van der Waals surface area (Å²) in [5.74, 6) is 0.939. The molecule has 94 valence electrons. The molecule has 1 aromatic carbocycles. The molecule has 0 bridgehead atoms. The van der Waals surface area contributed by atoms with Gasteiger partial charge in [-0.1, -0.05) is 18.2 Å². The highest BCUT2D eigenvalue weighted by Gasteiger charge is 2.40. The summed E-state index contributed by atoms with van der Waals surface area (Å²) in [4.78, 5) is 15.4. The van der Waals surface area contributed by atoms with Crippen molar-refractivity contribution in [2.75, 3.05) is 7.05 Å². The van der Waals surface area contributed by atoms with Gasteiger partial charge in [-0.2, -0.15) is 0 Å². The molecule has 1 saturated heterocycles. The molecule has 0 spiro atoms. The maximum Gasteiger partial charge on any atom is 0.220 e. The number of aliphatic imine (C=N–C) groups is 1. The van der Waals surface area contributed by atoms with Crippen molar-refractivity contribution in [3.8, 4) is 0 Å². The minimum atomic E-state index is 0.129. The van der Waals surface area contributed by atoms with Crippen molar-refractivity contribution in [3.05, 3.63) is 34.9 Å². The van der Waals surface area contributed by atoms with Crippen molar-refractivity contribution in [1.82, 2.24) is 10.8 Å². The number of hydroxylamine groups is 1. The Balaban J connectivity index is 2.06. The highest BCUT2D eigenvalue weighted by Crippen LogP contribution is 2.42. The van der Waals surface area contributed by atoms with Crippen LogP contribution in [0.4, 0.5) is 0 Å². The van der Waals surface area contributed by atoms with Gasteiger partial charge in [0.1, 0.15) is 0 Å². The average Bonchev–Trinajstić information content (AvgIpc) is 2.87.